The molecule has 3 aromatic carbocycles. The maximum absolute atomic E-state index is 12.0. The summed E-state index contributed by atoms with van der Waals surface area (Å²) in [5, 5.41) is 7.87. The summed E-state index contributed by atoms with van der Waals surface area (Å²) in [6.45, 7) is 0.924. The Morgan fingerprint density at radius 2 is 1.64 bits per heavy atom. The van der Waals surface area contributed by atoms with Crippen LogP contribution in [0.25, 0.3) is 10.8 Å². The van der Waals surface area contributed by atoms with Crippen molar-refractivity contribution in [3.63, 3.8) is 0 Å². The van der Waals surface area contributed by atoms with Crippen LogP contribution in [0, 0.1) is 11.8 Å². The number of amides is 2. The van der Waals surface area contributed by atoms with Gasteiger partial charge < -0.3 is 20.1 Å². The largest absolute Gasteiger partial charge is 0.493 e. The molecule has 3 aromatic rings. The lowest BCUT2D eigenvalue weighted by Crippen LogP contribution is -2.35. The number of benzene rings is 3. The number of urea groups is 1. The van der Waals surface area contributed by atoms with E-state index in [1.807, 2.05) is 48.5 Å². The van der Waals surface area contributed by atoms with Crippen LogP contribution >= 0.6 is 0 Å². The van der Waals surface area contributed by atoms with Gasteiger partial charge in [-0.05, 0) is 28.5 Å². The average molecular weight is 374 g/mol. The van der Waals surface area contributed by atoms with Gasteiger partial charge >= 0.3 is 6.03 Å². The molecule has 28 heavy (non-hydrogen) atoms. The van der Waals surface area contributed by atoms with Crippen LogP contribution < -0.4 is 20.1 Å². The van der Waals surface area contributed by atoms with Crippen molar-refractivity contribution in [2.75, 3.05) is 20.3 Å². The summed E-state index contributed by atoms with van der Waals surface area (Å²) in [6.07, 6.45) is 0. The molecule has 5 heteroatoms. The Morgan fingerprint density at radius 1 is 0.893 bits per heavy atom. The third kappa shape index (κ3) is 5.18. The molecule has 2 N–H and O–H groups in total. The molecule has 5 nitrogen and oxygen atoms in total. The Hall–Kier alpha value is -3.65. The van der Waals surface area contributed by atoms with Gasteiger partial charge in [0, 0.05) is 6.54 Å². The van der Waals surface area contributed by atoms with Crippen molar-refractivity contribution in [3.8, 4) is 23.3 Å². The van der Waals surface area contributed by atoms with Gasteiger partial charge in [-0.2, -0.15) is 0 Å². The minimum Gasteiger partial charge on any atom is -0.493 e. The fourth-order valence-corrected chi connectivity index (χ4v) is 2.77. The normalized spacial score (nSPS) is 9.89. The highest BCUT2D eigenvalue weighted by atomic mass is 16.5. The van der Waals surface area contributed by atoms with Gasteiger partial charge in [0.15, 0.2) is 11.5 Å². The number of carbonyl (C=O) groups excluding carboxylic acids is 1. The van der Waals surface area contributed by atoms with Crippen LogP contribution in [0.2, 0.25) is 0 Å². The molecule has 0 atom stereocenters. The summed E-state index contributed by atoms with van der Waals surface area (Å²) >= 11 is 0. The monoisotopic (exact) mass is 374 g/mol. The van der Waals surface area contributed by atoms with Crippen molar-refractivity contribution in [2.24, 2.45) is 0 Å². The predicted octanol–water partition coefficient (Wildman–Crippen LogP) is 3.73. The van der Waals surface area contributed by atoms with Crippen LogP contribution in [0.4, 0.5) is 4.79 Å². The van der Waals surface area contributed by atoms with Crippen molar-refractivity contribution in [1.29, 1.82) is 0 Å². The molecule has 3 rings (SSSR count). The second-order valence-corrected chi connectivity index (χ2v) is 5.97. The third-order valence-electron chi connectivity index (χ3n) is 4.15. The SMILES string of the molecule is COc1ccccc1OCC#CCNC(=O)NCc1cccc2ccccc12. The zero-order chi connectivity index (χ0) is 19.6. The molecular formula is C23H22N2O3. The topological polar surface area (TPSA) is 59.6 Å². The number of fused-ring (bicyclic) bond motifs is 1. The molecule has 0 fully saturated rings. The summed E-state index contributed by atoms with van der Waals surface area (Å²) in [5.41, 5.74) is 1.07. The first kappa shape index (κ1) is 19.1. The zero-order valence-electron chi connectivity index (χ0n) is 15.7. The van der Waals surface area contributed by atoms with Gasteiger partial charge in [-0.1, -0.05) is 66.4 Å². The number of methoxy groups -OCH3 is 1. The first-order chi connectivity index (χ1) is 13.8. The molecule has 0 heterocycles. The van der Waals surface area contributed by atoms with Crippen molar-refractivity contribution >= 4 is 16.8 Å². The molecule has 142 valence electrons. The van der Waals surface area contributed by atoms with E-state index in [4.69, 9.17) is 9.47 Å². The minimum absolute atomic E-state index is 0.222. The van der Waals surface area contributed by atoms with E-state index >= 15 is 0 Å². The smallest absolute Gasteiger partial charge is 0.315 e. The number of hydrogen-bond acceptors (Lipinski definition) is 3. The highest BCUT2D eigenvalue weighted by molar-refractivity contribution is 5.86. The summed E-state index contributed by atoms with van der Waals surface area (Å²) in [4.78, 5) is 12.0. The average Bonchev–Trinajstić information content (AvgIpc) is 2.75. The van der Waals surface area contributed by atoms with E-state index in [0.29, 0.717) is 18.0 Å². The van der Waals surface area contributed by atoms with Crippen molar-refractivity contribution in [2.45, 2.75) is 6.54 Å². The molecule has 2 amide bonds. The Bertz CT molecular complexity index is 1000. The first-order valence-electron chi connectivity index (χ1n) is 8.98. The lowest BCUT2D eigenvalue weighted by atomic mass is 10.0. The van der Waals surface area contributed by atoms with Gasteiger partial charge in [-0.3, -0.25) is 0 Å². The van der Waals surface area contributed by atoms with Crippen molar-refractivity contribution in [3.05, 3.63) is 72.3 Å². The van der Waals surface area contributed by atoms with E-state index in [9.17, 15) is 4.79 Å². The molecule has 0 spiro atoms. The molecule has 0 bridgehead atoms. The van der Waals surface area contributed by atoms with Gasteiger partial charge in [-0.15, -0.1) is 0 Å². The second kappa shape index (κ2) is 9.89. The van der Waals surface area contributed by atoms with Crippen molar-refractivity contribution < 1.29 is 14.3 Å². The van der Waals surface area contributed by atoms with Gasteiger partial charge in [0.05, 0.1) is 13.7 Å². The van der Waals surface area contributed by atoms with Gasteiger partial charge in [0.2, 0.25) is 0 Å². The molecule has 0 aliphatic rings. The van der Waals surface area contributed by atoms with E-state index in [1.54, 1.807) is 7.11 Å². The number of ether oxygens (including phenoxy) is 2. The van der Waals surface area contributed by atoms with Gasteiger partial charge in [0.1, 0.15) is 6.61 Å². The number of hydrogen-bond donors (Lipinski definition) is 2. The molecule has 0 unspecified atom stereocenters. The fourth-order valence-electron chi connectivity index (χ4n) is 2.77. The van der Waals surface area contributed by atoms with Crippen LogP contribution in [0.1, 0.15) is 5.56 Å². The predicted molar refractivity (Wildman–Crippen MR) is 110 cm³/mol. The number of rotatable bonds is 6. The van der Waals surface area contributed by atoms with Crippen LogP contribution in [0.3, 0.4) is 0 Å². The van der Waals surface area contributed by atoms with E-state index in [1.165, 1.54) is 0 Å². The second-order valence-electron chi connectivity index (χ2n) is 5.97. The Balaban J connectivity index is 1.41. The number of para-hydroxylation sites is 2. The van der Waals surface area contributed by atoms with E-state index in [2.05, 4.69) is 40.7 Å². The van der Waals surface area contributed by atoms with E-state index < -0.39 is 0 Å². The quantitative estimate of drug-likeness (QED) is 0.647. The summed E-state index contributed by atoms with van der Waals surface area (Å²) < 4.78 is 10.8. The van der Waals surface area contributed by atoms with Gasteiger partial charge in [-0.25, -0.2) is 4.79 Å². The maximum atomic E-state index is 12.0. The zero-order valence-corrected chi connectivity index (χ0v) is 15.7. The molecule has 0 radical (unpaired) electrons. The molecule has 0 aliphatic heterocycles. The summed E-state index contributed by atoms with van der Waals surface area (Å²) in [5.74, 6) is 7.03. The standard InChI is InChI=1S/C23H22N2O3/c1-27-21-13-4-5-14-22(21)28-16-7-6-15-24-23(26)25-17-19-11-8-10-18-9-2-3-12-20(18)19/h2-5,8-14H,15-17H2,1H3,(H2,24,25,26). The Labute approximate surface area is 164 Å². The Morgan fingerprint density at radius 3 is 2.50 bits per heavy atom. The van der Waals surface area contributed by atoms with E-state index in [-0.39, 0.29) is 19.2 Å². The lowest BCUT2D eigenvalue weighted by molar-refractivity contribution is 0.241. The molecule has 0 saturated heterocycles. The highest BCUT2D eigenvalue weighted by Gasteiger charge is 2.03. The van der Waals surface area contributed by atoms with E-state index in [0.717, 1.165) is 16.3 Å². The molecule has 0 aromatic heterocycles. The number of nitrogens with one attached hydrogen (secondary N) is 2. The van der Waals surface area contributed by atoms with Crippen LogP contribution in [-0.2, 0) is 6.54 Å². The third-order valence-corrected chi connectivity index (χ3v) is 4.15. The van der Waals surface area contributed by atoms with Crippen LogP contribution in [-0.4, -0.2) is 26.3 Å². The highest BCUT2D eigenvalue weighted by Crippen LogP contribution is 2.25. The Kier molecular flexibility index (Phi) is 6.75. The maximum Gasteiger partial charge on any atom is 0.315 e. The fraction of sp³-hybridized carbons (Fsp3) is 0.174. The molecule has 0 aliphatic carbocycles. The molecular weight excluding hydrogens is 352 g/mol. The van der Waals surface area contributed by atoms with Crippen LogP contribution in [0.15, 0.2) is 66.7 Å². The summed E-state index contributed by atoms with van der Waals surface area (Å²) in [7, 11) is 1.59. The van der Waals surface area contributed by atoms with Crippen LogP contribution in [0.5, 0.6) is 11.5 Å². The summed E-state index contributed by atoms with van der Waals surface area (Å²) in [6, 6.07) is 21.3. The lowest BCUT2D eigenvalue weighted by Gasteiger charge is -2.08. The number of carbonyl (C=O) groups is 1. The minimum atomic E-state index is -0.257. The van der Waals surface area contributed by atoms with Crippen molar-refractivity contribution in [1.82, 2.24) is 10.6 Å². The molecule has 0 saturated carbocycles. The van der Waals surface area contributed by atoms with Gasteiger partial charge in [0.25, 0.3) is 0 Å². The first-order valence-corrected chi connectivity index (χ1v) is 8.98.